The molecule has 0 aliphatic rings. The summed E-state index contributed by atoms with van der Waals surface area (Å²) in [6, 6.07) is 0. The molecule has 0 aliphatic carbocycles. The van der Waals surface area contributed by atoms with Gasteiger partial charge in [0.25, 0.3) is 0 Å². The van der Waals surface area contributed by atoms with Crippen LogP contribution in [-0.2, 0) is 4.57 Å². The summed E-state index contributed by atoms with van der Waals surface area (Å²) >= 11 is 0. The molecular weight excluding hydrogens is 153 g/mol. The molecule has 0 heterocycles. The van der Waals surface area contributed by atoms with E-state index in [1.165, 1.54) is 0 Å². The molecule has 0 aromatic carbocycles. The van der Waals surface area contributed by atoms with Crippen LogP contribution in [-0.4, -0.2) is 29.1 Å². The summed E-state index contributed by atoms with van der Waals surface area (Å²) in [6.07, 6.45) is 0.889. The molecule has 0 spiro atoms. The molecule has 2 atom stereocenters. The number of hydrogen-bond donors (Lipinski definition) is 3. The van der Waals surface area contributed by atoms with Crippen molar-refractivity contribution in [2.24, 2.45) is 5.73 Å². The number of aliphatic hydroxyl groups excluding tert-OH is 1. The van der Waals surface area contributed by atoms with E-state index in [9.17, 15) is 4.57 Å². The van der Waals surface area contributed by atoms with Gasteiger partial charge in [0, 0.05) is 6.66 Å². The number of nitrogens with two attached hydrogens (primary N) is 1. The quantitative estimate of drug-likeness (QED) is 0.512. The molecule has 0 saturated heterocycles. The van der Waals surface area contributed by atoms with Crippen LogP contribution >= 0.6 is 7.37 Å². The van der Waals surface area contributed by atoms with Gasteiger partial charge in [0.1, 0.15) is 5.85 Å². The van der Waals surface area contributed by atoms with E-state index in [0.29, 0.717) is 19.4 Å². The van der Waals surface area contributed by atoms with Crippen LogP contribution in [0.1, 0.15) is 12.8 Å². The first-order valence-electron chi connectivity index (χ1n) is 3.16. The van der Waals surface area contributed by atoms with Gasteiger partial charge in [-0.3, -0.25) is 4.57 Å². The topological polar surface area (TPSA) is 83.5 Å². The van der Waals surface area contributed by atoms with Crippen LogP contribution < -0.4 is 5.73 Å². The van der Waals surface area contributed by atoms with Crippen molar-refractivity contribution in [2.45, 2.75) is 18.7 Å². The Morgan fingerprint density at radius 2 is 2.20 bits per heavy atom. The first kappa shape index (κ1) is 10.1. The molecule has 0 bridgehead atoms. The predicted molar refractivity (Wildman–Crippen MR) is 40.0 cm³/mol. The minimum absolute atomic E-state index is 0.306. The molecule has 62 valence electrons. The van der Waals surface area contributed by atoms with Gasteiger partial charge in [-0.15, -0.1) is 0 Å². The van der Waals surface area contributed by atoms with Crippen molar-refractivity contribution >= 4 is 7.37 Å². The maximum atomic E-state index is 10.7. The van der Waals surface area contributed by atoms with Gasteiger partial charge in [0.15, 0.2) is 0 Å². The van der Waals surface area contributed by atoms with Crippen LogP contribution in [0.15, 0.2) is 0 Å². The zero-order valence-electron chi connectivity index (χ0n) is 6.03. The molecule has 5 heteroatoms. The van der Waals surface area contributed by atoms with E-state index in [4.69, 9.17) is 15.7 Å². The first-order chi connectivity index (χ1) is 4.48. The van der Waals surface area contributed by atoms with Gasteiger partial charge in [-0.05, 0) is 19.4 Å². The highest BCUT2D eigenvalue weighted by Gasteiger charge is 2.21. The molecule has 0 saturated carbocycles. The molecule has 0 aromatic rings. The van der Waals surface area contributed by atoms with E-state index in [2.05, 4.69) is 0 Å². The molecule has 0 rings (SSSR count). The van der Waals surface area contributed by atoms with E-state index < -0.39 is 13.2 Å². The van der Waals surface area contributed by atoms with Crippen molar-refractivity contribution in [1.82, 2.24) is 0 Å². The lowest BCUT2D eigenvalue weighted by molar-refractivity contribution is 0.219. The van der Waals surface area contributed by atoms with E-state index in [0.717, 1.165) is 6.66 Å². The summed E-state index contributed by atoms with van der Waals surface area (Å²) in [6.45, 7) is 1.59. The fourth-order valence-electron chi connectivity index (χ4n) is 0.540. The first-order valence-corrected chi connectivity index (χ1v) is 5.34. The molecule has 10 heavy (non-hydrogen) atoms. The Morgan fingerprint density at radius 3 is 2.50 bits per heavy atom. The smallest absolute Gasteiger partial charge is 0.225 e. The van der Waals surface area contributed by atoms with E-state index in [1.807, 2.05) is 0 Å². The van der Waals surface area contributed by atoms with Gasteiger partial charge in [0.05, 0.1) is 0 Å². The Hall–Kier alpha value is 0.110. The Bertz CT molecular complexity index is 133. The van der Waals surface area contributed by atoms with Crippen LogP contribution in [0.4, 0.5) is 0 Å². The molecule has 0 amide bonds. The summed E-state index contributed by atoms with van der Waals surface area (Å²) < 4.78 is 10.7. The molecule has 0 aromatic heterocycles. The maximum Gasteiger partial charge on any atom is 0.225 e. The zero-order valence-corrected chi connectivity index (χ0v) is 6.92. The second kappa shape index (κ2) is 4.09. The summed E-state index contributed by atoms with van der Waals surface area (Å²) in [5, 5.41) is 8.95. The lowest BCUT2D eigenvalue weighted by Crippen LogP contribution is -2.09. The van der Waals surface area contributed by atoms with Crippen LogP contribution in [0.5, 0.6) is 0 Å². The third-order valence-corrected chi connectivity index (χ3v) is 2.58. The van der Waals surface area contributed by atoms with Crippen LogP contribution in [0.25, 0.3) is 0 Å². The van der Waals surface area contributed by atoms with Gasteiger partial charge in [-0.2, -0.15) is 0 Å². The average molecular weight is 167 g/mol. The van der Waals surface area contributed by atoms with Gasteiger partial charge < -0.3 is 15.7 Å². The Labute approximate surface area is 60.5 Å². The highest BCUT2D eigenvalue weighted by atomic mass is 31.2. The van der Waals surface area contributed by atoms with Crippen molar-refractivity contribution in [3.05, 3.63) is 0 Å². The average Bonchev–Trinajstić information content (AvgIpc) is 1.80. The minimum atomic E-state index is -3.29. The lowest BCUT2D eigenvalue weighted by atomic mass is 10.3. The standard InChI is InChI=1S/C5H14NO3P/c1-10(8,9)5(7)3-2-4-6/h5,7H,2-4,6H2,1H3,(H,8,9). The number of rotatable bonds is 4. The lowest BCUT2D eigenvalue weighted by Gasteiger charge is -2.12. The van der Waals surface area contributed by atoms with E-state index in [1.54, 1.807) is 0 Å². The highest BCUT2D eigenvalue weighted by Crippen LogP contribution is 2.41. The van der Waals surface area contributed by atoms with E-state index >= 15 is 0 Å². The van der Waals surface area contributed by atoms with E-state index in [-0.39, 0.29) is 0 Å². The summed E-state index contributed by atoms with van der Waals surface area (Å²) in [5.41, 5.74) is 5.14. The van der Waals surface area contributed by atoms with Gasteiger partial charge >= 0.3 is 0 Å². The van der Waals surface area contributed by atoms with Gasteiger partial charge in [0.2, 0.25) is 7.37 Å². The Kier molecular flexibility index (Phi) is 4.13. The fourth-order valence-corrected chi connectivity index (χ4v) is 1.20. The summed E-state index contributed by atoms with van der Waals surface area (Å²) in [4.78, 5) is 8.78. The third-order valence-electron chi connectivity index (χ3n) is 1.22. The number of aliphatic hydroxyl groups is 1. The zero-order chi connectivity index (χ0) is 8.20. The summed E-state index contributed by atoms with van der Waals surface area (Å²) in [7, 11) is -3.29. The molecule has 0 fully saturated rings. The molecule has 0 radical (unpaired) electrons. The van der Waals surface area contributed by atoms with Crippen molar-refractivity contribution in [1.29, 1.82) is 0 Å². The normalized spacial score (nSPS) is 20.0. The molecule has 4 nitrogen and oxygen atoms in total. The van der Waals surface area contributed by atoms with Crippen LogP contribution in [0.2, 0.25) is 0 Å². The Balaban J connectivity index is 3.63. The SMILES string of the molecule is CP(=O)(O)C(O)CCCN. The fraction of sp³-hybridized carbons (Fsp3) is 1.00. The largest absolute Gasteiger partial charge is 0.383 e. The maximum absolute atomic E-state index is 10.7. The molecule has 4 N–H and O–H groups in total. The number of hydrogen-bond acceptors (Lipinski definition) is 3. The van der Waals surface area contributed by atoms with Crippen molar-refractivity contribution in [3.8, 4) is 0 Å². The molecule has 0 aliphatic heterocycles. The molecular formula is C5H14NO3P. The van der Waals surface area contributed by atoms with Crippen molar-refractivity contribution < 1.29 is 14.6 Å². The molecule has 2 unspecified atom stereocenters. The minimum Gasteiger partial charge on any atom is -0.383 e. The van der Waals surface area contributed by atoms with Crippen LogP contribution in [0.3, 0.4) is 0 Å². The second-order valence-corrected chi connectivity index (χ2v) is 4.84. The van der Waals surface area contributed by atoms with Crippen LogP contribution in [0, 0.1) is 0 Å². The Morgan fingerprint density at radius 1 is 1.70 bits per heavy atom. The van der Waals surface area contributed by atoms with Gasteiger partial charge in [-0.25, -0.2) is 0 Å². The van der Waals surface area contributed by atoms with Crippen molar-refractivity contribution in [2.75, 3.05) is 13.2 Å². The second-order valence-electron chi connectivity index (χ2n) is 2.35. The third kappa shape index (κ3) is 4.01. The highest BCUT2D eigenvalue weighted by molar-refractivity contribution is 7.57. The monoisotopic (exact) mass is 167 g/mol. The predicted octanol–water partition coefficient (Wildman–Crippen LogP) is -0.0561. The summed E-state index contributed by atoms with van der Waals surface area (Å²) in [5.74, 6) is -1.10. The van der Waals surface area contributed by atoms with Crippen molar-refractivity contribution in [3.63, 3.8) is 0 Å². The van der Waals surface area contributed by atoms with Gasteiger partial charge in [-0.1, -0.05) is 0 Å².